The third-order valence-electron chi connectivity index (χ3n) is 4.46. The predicted molar refractivity (Wildman–Crippen MR) is 81.7 cm³/mol. The molecule has 7 heteroatoms. The van der Waals surface area contributed by atoms with Gasteiger partial charge in [0.25, 0.3) is 0 Å². The topological polar surface area (TPSA) is 48.4 Å². The number of aromatic nitrogens is 1. The first kappa shape index (κ1) is 14.3. The Labute approximate surface area is 138 Å². The lowest BCUT2D eigenvalue weighted by Gasteiger charge is -2.21. The number of ketones is 1. The molecular weight excluding hydrogens is 335 g/mol. The second-order valence-electron chi connectivity index (χ2n) is 5.83. The van der Waals surface area contributed by atoms with E-state index < -0.39 is 17.5 Å². The van der Waals surface area contributed by atoms with Gasteiger partial charge in [0.1, 0.15) is 5.69 Å². The minimum atomic E-state index is -4.53. The van der Waals surface area contributed by atoms with Crippen molar-refractivity contribution in [1.29, 1.82) is 0 Å². The molecule has 124 valence electrons. The van der Waals surface area contributed by atoms with Crippen LogP contribution in [-0.2, 0) is 6.18 Å². The normalized spacial score (nSPS) is 14.8. The van der Waals surface area contributed by atoms with Crippen molar-refractivity contribution in [2.45, 2.75) is 6.18 Å². The molecule has 0 unspecified atom stereocenters. The number of rotatable bonds is 0. The largest absolute Gasteiger partial charge is 0.454 e. The van der Waals surface area contributed by atoms with Crippen LogP contribution in [0.15, 0.2) is 36.5 Å². The zero-order valence-electron chi connectivity index (χ0n) is 12.5. The molecule has 0 fully saturated rings. The van der Waals surface area contributed by atoms with Crippen molar-refractivity contribution < 1.29 is 27.4 Å². The van der Waals surface area contributed by atoms with Crippen LogP contribution in [0.1, 0.15) is 21.6 Å². The Morgan fingerprint density at radius 2 is 1.88 bits per heavy atom. The molecule has 5 rings (SSSR count). The lowest BCUT2D eigenvalue weighted by Crippen LogP contribution is -2.14. The van der Waals surface area contributed by atoms with Gasteiger partial charge in [0.15, 0.2) is 11.5 Å². The highest BCUT2D eigenvalue weighted by molar-refractivity contribution is 6.26. The van der Waals surface area contributed by atoms with E-state index in [0.29, 0.717) is 28.0 Å². The summed E-state index contributed by atoms with van der Waals surface area (Å²) >= 11 is 0. The quantitative estimate of drug-likeness (QED) is 0.480. The van der Waals surface area contributed by atoms with Crippen molar-refractivity contribution in [2.75, 3.05) is 6.79 Å². The number of hydrogen-bond acceptors (Lipinski definition) is 4. The molecular formula is C18H8F3NO3. The smallest absolute Gasteiger partial charge is 0.416 e. The van der Waals surface area contributed by atoms with E-state index in [1.165, 1.54) is 12.3 Å². The second kappa shape index (κ2) is 4.50. The number of hydrogen-bond donors (Lipinski definition) is 0. The maximum Gasteiger partial charge on any atom is 0.416 e. The van der Waals surface area contributed by atoms with E-state index in [2.05, 4.69) is 4.98 Å². The fraction of sp³-hybridized carbons (Fsp3) is 0.111. The lowest BCUT2D eigenvalue weighted by molar-refractivity contribution is -0.137. The van der Waals surface area contributed by atoms with Crippen LogP contribution in [0.5, 0.6) is 11.5 Å². The molecule has 2 aliphatic rings. The molecule has 0 amide bonds. The van der Waals surface area contributed by atoms with Crippen molar-refractivity contribution in [1.82, 2.24) is 4.98 Å². The summed E-state index contributed by atoms with van der Waals surface area (Å²) in [5.74, 6) is 0.396. The zero-order valence-corrected chi connectivity index (χ0v) is 12.5. The summed E-state index contributed by atoms with van der Waals surface area (Å²) in [6.45, 7) is 0.0192. The average molecular weight is 343 g/mol. The van der Waals surface area contributed by atoms with Gasteiger partial charge in [-0.2, -0.15) is 13.2 Å². The third-order valence-corrected chi connectivity index (χ3v) is 4.46. The number of benzene rings is 2. The lowest BCUT2D eigenvalue weighted by atomic mass is 9.84. The molecule has 2 aromatic carbocycles. The number of fused-ring (bicyclic) bond motifs is 4. The summed E-state index contributed by atoms with van der Waals surface area (Å²) in [5, 5.41) is 1.30. The zero-order chi connectivity index (χ0) is 17.3. The molecule has 0 N–H and O–H groups in total. The number of ether oxygens (including phenoxy) is 2. The number of alkyl halides is 3. The van der Waals surface area contributed by atoms with Crippen molar-refractivity contribution >= 4 is 16.6 Å². The highest BCUT2D eigenvalue weighted by Gasteiger charge is 2.36. The minimum Gasteiger partial charge on any atom is -0.454 e. The van der Waals surface area contributed by atoms with Gasteiger partial charge in [0, 0.05) is 22.7 Å². The summed E-state index contributed by atoms with van der Waals surface area (Å²) in [5.41, 5.74) is 0.158. The SMILES string of the molecule is O=C1c2cc(C(F)(F)F)ccc2-c2c3c(cc4ccnc1c24)OCO3. The number of nitrogens with zero attached hydrogens (tertiary/aromatic N) is 1. The van der Waals surface area contributed by atoms with Gasteiger partial charge in [-0.15, -0.1) is 0 Å². The van der Waals surface area contributed by atoms with Crippen LogP contribution in [0, 0.1) is 0 Å². The summed E-state index contributed by atoms with van der Waals surface area (Å²) in [6, 6.07) is 6.62. The fourth-order valence-corrected chi connectivity index (χ4v) is 3.39. The monoisotopic (exact) mass is 343 g/mol. The Hall–Kier alpha value is -3.09. The van der Waals surface area contributed by atoms with Gasteiger partial charge in [0.2, 0.25) is 12.6 Å². The van der Waals surface area contributed by atoms with Gasteiger partial charge < -0.3 is 9.47 Å². The third kappa shape index (κ3) is 1.83. The highest BCUT2D eigenvalue weighted by Crippen LogP contribution is 2.50. The van der Waals surface area contributed by atoms with E-state index in [-0.39, 0.29) is 18.1 Å². The van der Waals surface area contributed by atoms with Crippen molar-refractivity contribution in [2.24, 2.45) is 0 Å². The average Bonchev–Trinajstić information content (AvgIpc) is 3.05. The standard InChI is InChI=1S/C18H8F3NO3/c19-18(20,21)9-1-2-10-11(6-9)16(23)15-13-8(3-4-22-15)5-12-17(14(10)13)25-7-24-12/h1-6H,7H2. The molecule has 4 nitrogen and oxygen atoms in total. The summed E-state index contributed by atoms with van der Waals surface area (Å²) in [7, 11) is 0. The van der Waals surface area contributed by atoms with Gasteiger partial charge >= 0.3 is 6.18 Å². The Bertz CT molecular complexity index is 1090. The van der Waals surface area contributed by atoms with Crippen LogP contribution in [0.2, 0.25) is 0 Å². The van der Waals surface area contributed by atoms with Crippen LogP contribution in [0.3, 0.4) is 0 Å². The number of carbonyl (C=O) groups is 1. The maximum absolute atomic E-state index is 13.1. The van der Waals surface area contributed by atoms with Gasteiger partial charge in [-0.05, 0) is 35.2 Å². The molecule has 1 aliphatic carbocycles. The molecule has 0 atom stereocenters. The van der Waals surface area contributed by atoms with E-state index in [0.717, 1.165) is 17.5 Å². The molecule has 1 aliphatic heterocycles. The molecule has 1 aromatic heterocycles. The predicted octanol–water partition coefficient (Wildman–Crippen LogP) is 4.19. The summed E-state index contributed by atoms with van der Waals surface area (Å²) in [4.78, 5) is 16.9. The van der Waals surface area contributed by atoms with Crippen LogP contribution >= 0.6 is 0 Å². The van der Waals surface area contributed by atoms with E-state index in [1.807, 2.05) is 0 Å². The second-order valence-corrected chi connectivity index (χ2v) is 5.83. The number of carbonyl (C=O) groups excluding carboxylic acids is 1. The molecule has 25 heavy (non-hydrogen) atoms. The molecule has 0 bridgehead atoms. The van der Waals surface area contributed by atoms with Gasteiger partial charge in [-0.1, -0.05) is 6.07 Å². The molecule has 0 saturated heterocycles. The van der Waals surface area contributed by atoms with E-state index >= 15 is 0 Å². The van der Waals surface area contributed by atoms with Crippen molar-refractivity contribution in [3.8, 4) is 22.6 Å². The number of pyridine rings is 1. The molecule has 0 spiro atoms. The first-order valence-electron chi connectivity index (χ1n) is 7.43. The Morgan fingerprint density at radius 3 is 2.68 bits per heavy atom. The highest BCUT2D eigenvalue weighted by atomic mass is 19.4. The molecule has 2 heterocycles. The van der Waals surface area contributed by atoms with E-state index in [9.17, 15) is 18.0 Å². The van der Waals surface area contributed by atoms with E-state index in [1.54, 1.807) is 12.1 Å². The van der Waals surface area contributed by atoms with Gasteiger partial charge in [0.05, 0.1) is 5.56 Å². The number of halogens is 3. The Morgan fingerprint density at radius 1 is 1.04 bits per heavy atom. The minimum absolute atomic E-state index is 0.0192. The van der Waals surface area contributed by atoms with Crippen LogP contribution in [0.25, 0.3) is 21.9 Å². The maximum atomic E-state index is 13.1. The summed E-state index contributed by atoms with van der Waals surface area (Å²) < 4.78 is 50.1. The fourth-order valence-electron chi connectivity index (χ4n) is 3.39. The van der Waals surface area contributed by atoms with Crippen LogP contribution in [-0.4, -0.2) is 17.6 Å². The van der Waals surface area contributed by atoms with Crippen LogP contribution in [0.4, 0.5) is 13.2 Å². The Kier molecular flexibility index (Phi) is 2.57. The van der Waals surface area contributed by atoms with E-state index in [4.69, 9.17) is 9.47 Å². The van der Waals surface area contributed by atoms with Crippen molar-refractivity contribution in [3.63, 3.8) is 0 Å². The first-order valence-corrected chi connectivity index (χ1v) is 7.43. The van der Waals surface area contributed by atoms with Gasteiger partial charge in [-0.25, -0.2) is 0 Å². The Balaban J connectivity index is 1.92. The van der Waals surface area contributed by atoms with Gasteiger partial charge in [-0.3, -0.25) is 9.78 Å². The molecule has 0 radical (unpaired) electrons. The molecule has 3 aromatic rings. The first-order chi connectivity index (χ1) is 11.9. The van der Waals surface area contributed by atoms with Crippen molar-refractivity contribution in [3.05, 3.63) is 53.3 Å². The molecule has 0 saturated carbocycles. The summed E-state index contributed by atoms with van der Waals surface area (Å²) in [6.07, 6.45) is -3.08. The van der Waals surface area contributed by atoms with Crippen LogP contribution < -0.4 is 9.47 Å².